The van der Waals surface area contributed by atoms with Gasteiger partial charge in [0, 0.05) is 20.1 Å². The second kappa shape index (κ2) is 7.91. The Bertz CT molecular complexity index is 1250. The van der Waals surface area contributed by atoms with E-state index in [1.165, 1.54) is 15.2 Å². The lowest BCUT2D eigenvalue weighted by molar-refractivity contribution is -0.0808. The minimum atomic E-state index is -0.459. The fraction of sp³-hybridized carbons (Fsp3) is 0.381. The van der Waals surface area contributed by atoms with Crippen molar-refractivity contribution in [2.45, 2.75) is 33.0 Å². The Labute approximate surface area is 171 Å². The molecule has 1 fully saturated rings. The van der Waals surface area contributed by atoms with Crippen LogP contribution in [0.15, 0.2) is 27.8 Å². The average Bonchev–Trinajstić information content (AvgIpc) is 3.01. The van der Waals surface area contributed by atoms with Crippen LogP contribution < -0.4 is 16.0 Å². The molecule has 0 spiro atoms. The minimum Gasteiger partial charge on any atom is -0.483 e. The number of rotatable bonds is 6. The van der Waals surface area contributed by atoms with Crippen LogP contribution in [-0.2, 0) is 24.9 Å². The molecule has 9 heteroatoms. The van der Waals surface area contributed by atoms with Gasteiger partial charge in [-0.3, -0.25) is 13.9 Å². The van der Waals surface area contributed by atoms with E-state index in [2.05, 4.69) is 4.98 Å². The number of hydrogen-bond acceptors (Lipinski definition) is 5. The monoisotopic (exact) mass is 414 g/mol. The van der Waals surface area contributed by atoms with Gasteiger partial charge in [-0.15, -0.1) is 0 Å². The van der Waals surface area contributed by atoms with Crippen molar-refractivity contribution in [2.24, 2.45) is 7.05 Å². The molecule has 0 bridgehead atoms. The molecule has 0 N–H and O–H groups in total. The van der Waals surface area contributed by atoms with Crippen molar-refractivity contribution in [2.75, 3.05) is 13.2 Å². The van der Waals surface area contributed by atoms with Gasteiger partial charge in [-0.2, -0.15) is 0 Å². The summed E-state index contributed by atoms with van der Waals surface area (Å²) in [7, 11) is 1.72. The quantitative estimate of drug-likeness (QED) is 0.617. The predicted molar refractivity (Wildman–Crippen MR) is 111 cm³/mol. The summed E-state index contributed by atoms with van der Waals surface area (Å²) < 4.78 is 29.2. The van der Waals surface area contributed by atoms with Gasteiger partial charge in [0.1, 0.15) is 11.9 Å². The summed E-state index contributed by atoms with van der Waals surface area (Å²) in [4.78, 5) is 29.8. The second-order valence-corrected chi connectivity index (χ2v) is 7.08. The van der Waals surface area contributed by atoms with Gasteiger partial charge in [0.15, 0.2) is 22.7 Å². The second-order valence-electron chi connectivity index (χ2n) is 7.08. The maximum absolute atomic E-state index is 14.3. The third-order valence-electron chi connectivity index (χ3n) is 5.19. The molecule has 0 unspecified atom stereocenters. The molecule has 3 heterocycles. The molecule has 0 radical (unpaired) electrons. The van der Waals surface area contributed by atoms with E-state index in [1.54, 1.807) is 42.8 Å². The summed E-state index contributed by atoms with van der Waals surface area (Å²) in [5, 5.41) is 0. The number of benzene rings is 1. The van der Waals surface area contributed by atoms with Gasteiger partial charge in [-0.1, -0.05) is 12.1 Å². The lowest BCUT2D eigenvalue weighted by Gasteiger charge is -2.26. The highest BCUT2D eigenvalue weighted by Gasteiger charge is 2.21. The number of halogens is 1. The van der Waals surface area contributed by atoms with Gasteiger partial charge in [0.2, 0.25) is 0 Å². The predicted octanol–water partition coefficient (Wildman–Crippen LogP) is 2.02. The molecule has 0 atom stereocenters. The molecule has 4 rings (SSSR count). The maximum atomic E-state index is 14.3. The number of ether oxygens (including phenoxy) is 2. The number of fused-ring (bicyclic) bond motifs is 1. The fourth-order valence-corrected chi connectivity index (χ4v) is 3.44. The van der Waals surface area contributed by atoms with E-state index in [0.717, 1.165) is 0 Å². The summed E-state index contributed by atoms with van der Waals surface area (Å²) in [6.07, 6.45) is 3.28. The molecule has 1 aromatic carbocycles. The van der Waals surface area contributed by atoms with Gasteiger partial charge in [0.25, 0.3) is 5.56 Å². The number of imidazole rings is 1. The Morgan fingerprint density at radius 2 is 1.93 bits per heavy atom. The Kier molecular flexibility index (Phi) is 5.29. The van der Waals surface area contributed by atoms with E-state index in [-0.39, 0.29) is 29.6 Å². The van der Waals surface area contributed by atoms with E-state index < -0.39 is 5.82 Å². The SMILES string of the molecule is CCn1c(=O)c2c(nc(C=Cc3ccc(OC4COC4)c(F)c3)n2C)n(CC)c1=O. The number of aromatic nitrogens is 4. The molecule has 0 saturated carbocycles. The smallest absolute Gasteiger partial charge is 0.332 e. The van der Waals surface area contributed by atoms with E-state index >= 15 is 0 Å². The third-order valence-corrected chi connectivity index (χ3v) is 5.19. The van der Waals surface area contributed by atoms with Crippen molar-refractivity contribution in [1.82, 2.24) is 18.7 Å². The topological polar surface area (TPSA) is 80.3 Å². The molecule has 8 nitrogen and oxygen atoms in total. The van der Waals surface area contributed by atoms with Crippen molar-refractivity contribution >= 4 is 23.3 Å². The standard InChI is InChI=1S/C21H23FN4O4/c1-4-25-19-18(20(27)26(5-2)21(25)28)24(3)17(23-19)9-7-13-6-8-16(15(22)10-13)30-14-11-29-12-14/h6-10,14H,4-5,11-12H2,1-3H3. The van der Waals surface area contributed by atoms with Crippen molar-refractivity contribution < 1.29 is 13.9 Å². The first-order chi connectivity index (χ1) is 14.4. The van der Waals surface area contributed by atoms with Crippen LogP contribution in [0.2, 0.25) is 0 Å². The molecule has 3 aromatic rings. The van der Waals surface area contributed by atoms with Crippen LogP contribution in [0, 0.1) is 5.82 Å². The molecule has 1 aliphatic rings. The highest BCUT2D eigenvalue weighted by molar-refractivity contribution is 5.76. The van der Waals surface area contributed by atoms with E-state index in [0.29, 0.717) is 42.3 Å². The molecule has 158 valence electrons. The molecular formula is C21H23FN4O4. The normalized spacial score (nSPS) is 14.5. The van der Waals surface area contributed by atoms with Crippen LogP contribution in [0.25, 0.3) is 23.3 Å². The van der Waals surface area contributed by atoms with Crippen LogP contribution in [0.1, 0.15) is 25.2 Å². The first kappa shape index (κ1) is 20.1. The molecular weight excluding hydrogens is 391 g/mol. The lowest BCUT2D eigenvalue weighted by Crippen LogP contribution is -2.39. The number of nitrogens with zero attached hydrogens (tertiary/aromatic N) is 4. The van der Waals surface area contributed by atoms with Gasteiger partial charge in [0.05, 0.1) is 13.2 Å². The molecule has 1 saturated heterocycles. The number of aryl methyl sites for hydroxylation is 2. The van der Waals surface area contributed by atoms with Crippen molar-refractivity contribution in [3.63, 3.8) is 0 Å². The first-order valence-electron chi connectivity index (χ1n) is 9.86. The largest absolute Gasteiger partial charge is 0.483 e. The Balaban J connectivity index is 1.70. The van der Waals surface area contributed by atoms with Crippen molar-refractivity contribution in [3.05, 3.63) is 56.2 Å². The zero-order chi connectivity index (χ0) is 21.4. The highest BCUT2D eigenvalue weighted by Crippen LogP contribution is 2.23. The minimum absolute atomic E-state index is 0.107. The van der Waals surface area contributed by atoms with Crippen LogP contribution in [0.3, 0.4) is 0 Å². The first-order valence-corrected chi connectivity index (χ1v) is 9.86. The van der Waals surface area contributed by atoms with Crippen LogP contribution in [0.4, 0.5) is 4.39 Å². The zero-order valence-corrected chi connectivity index (χ0v) is 17.1. The van der Waals surface area contributed by atoms with E-state index in [1.807, 2.05) is 6.92 Å². The van der Waals surface area contributed by atoms with Gasteiger partial charge < -0.3 is 14.0 Å². The lowest BCUT2D eigenvalue weighted by atomic mass is 10.2. The average molecular weight is 414 g/mol. The van der Waals surface area contributed by atoms with Crippen LogP contribution in [-0.4, -0.2) is 38.0 Å². The maximum Gasteiger partial charge on any atom is 0.332 e. The molecule has 1 aliphatic heterocycles. The zero-order valence-electron chi connectivity index (χ0n) is 17.1. The van der Waals surface area contributed by atoms with Gasteiger partial charge >= 0.3 is 5.69 Å². The van der Waals surface area contributed by atoms with E-state index in [9.17, 15) is 14.0 Å². The Morgan fingerprint density at radius 1 is 1.20 bits per heavy atom. The third kappa shape index (κ3) is 3.35. The Morgan fingerprint density at radius 3 is 2.53 bits per heavy atom. The van der Waals surface area contributed by atoms with Crippen LogP contribution in [0.5, 0.6) is 5.75 Å². The fourth-order valence-electron chi connectivity index (χ4n) is 3.44. The van der Waals surface area contributed by atoms with Crippen LogP contribution >= 0.6 is 0 Å². The summed E-state index contributed by atoms with van der Waals surface area (Å²) >= 11 is 0. The molecule has 0 amide bonds. The Hall–Kier alpha value is -3.20. The van der Waals surface area contributed by atoms with Crippen molar-refractivity contribution in [3.8, 4) is 5.75 Å². The summed E-state index contributed by atoms with van der Waals surface area (Å²) in [6.45, 7) is 5.20. The number of hydrogen-bond donors (Lipinski definition) is 0. The highest BCUT2D eigenvalue weighted by atomic mass is 19.1. The van der Waals surface area contributed by atoms with Gasteiger partial charge in [-0.05, 0) is 37.6 Å². The molecule has 0 aliphatic carbocycles. The van der Waals surface area contributed by atoms with E-state index in [4.69, 9.17) is 9.47 Å². The summed E-state index contributed by atoms with van der Waals surface area (Å²) in [5.41, 5.74) is 0.577. The van der Waals surface area contributed by atoms with Gasteiger partial charge in [-0.25, -0.2) is 14.2 Å². The summed E-state index contributed by atoms with van der Waals surface area (Å²) in [5.74, 6) is 0.222. The summed E-state index contributed by atoms with van der Waals surface area (Å²) in [6, 6.07) is 4.69. The van der Waals surface area contributed by atoms with Crippen molar-refractivity contribution in [1.29, 1.82) is 0 Å². The molecule has 2 aromatic heterocycles. The molecule has 30 heavy (non-hydrogen) atoms.